The highest BCUT2D eigenvalue weighted by atomic mass is 32.2. The summed E-state index contributed by atoms with van der Waals surface area (Å²) in [4.78, 5) is 0.169. The minimum atomic E-state index is -3.99. The normalized spacial score (nSPS) is 13.9. The summed E-state index contributed by atoms with van der Waals surface area (Å²) in [5, 5.41) is 12.3. The number of unbranched alkanes of at least 4 members (excludes halogenated alkanes) is 2. The van der Waals surface area contributed by atoms with Gasteiger partial charge in [-0.2, -0.15) is 4.31 Å². The van der Waals surface area contributed by atoms with Gasteiger partial charge in [-0.25, -0.2) is 8.42 Å². The third kappa shape index (κ3) is 6.53. The fourth-order valence-electron chi connectivity index (χ4n) is 4.16. The molecule has 2 atom stereocenters. The number of benzene rings is 3. The zero-order valence-electron chi connectivity index (χ0n) is 21.1. The predicted octanol–water partition coefficient (Wildman–Crippen LogP) is 5.86. The molecule has 3 rings (SSSR count). The van der Waals surface area contributed by atoms with Gasteiger partial charge in [0.05, 0.1) is 10.9 Å². The van der Waals surface area contributed by atoms with Crippen molar-refractivity contribution in [3.05, 3.63) is 114 Å². The summed E-state index contributed by atoms with van der Waals surface area (Å²) < 4.78 is 29.4. The monoisotopic (exact) mass is 501 g/mol. The van der Waals surface area contributed by atoms with Crippen LogP contribution in [0.2, 0.25) is 0 Å². The first-order valence-corrected chi connectivity index (χ1v) is 13.8. The lowest BCUT2D eigenvalue weighted by molar-refractivity contribution is 0.0264. The predicted molar refractivity (Wildman–Crippen MR) is 147 cm³/mol. The molecule has 36 heavy (non-hydrogen) atoms. The third-order valence-corrected chi connectivity index (χ3v) is 8.08. The molecule has 1 N–H and O–H groups in total. The molecule has 0 amide bonds. The average molecular weight is 502 g/mol. The first-order valence-electron chi connectivity index (χ1n) is 12.3. The molecule has 0 heterocycles. The van der Waals surface area contributed by atoms with Gasteiger partial charge in [-0.05, 0) is 43.0 Å². The van der Waals surface area contributed by atoms with E-state index in [1.807, 2.05) is 55.5 Å². The van der Waals surface area contributed by atoms with Crippen LogP contribution in [0.5, 0.6) is 0 Å². The van der Waals surface area contributed by atoms with E-state index in [0.29, 0.717) is 12.0 Å². The van der Waals surface area contributed by atoms with Crippen molar-refractivity contribution < 1.29 is 13.5 Å². The van der Waals surface area contributed by atoms with Crippen LogP contribution in [0, 0.1) is 18.8 Å². The van der Waals surface area contributed by atoms with Crippen LogP contribution < -0.4 is 0 Å². The van der Waals surface area contributed by atoms with Crippen LogP contribution in [0.1, 0.15) is 42.9 Å². The fourth-order valence-corrected chi connectivity index (χ4v) is 5.78. The van der Waals surface area contributed by atoms with E-state index in [9.17, 15) is 13.5 Å². The van der Waals surface area contributed by atoms with Gasteiger partial charge in [0.15, 0.2) is 5.60 Å². The first-order chi connectivity index (χ1) is 17.3. The molecule has 188 valence electrons. The molecular weight excluding hydrogens is 466 g/mol. The van der Waals surface area contributed by atoms with Crippen molar-refractivity contribution in [3.8, 4) is 11.8 Å². The smallest absolute Gasteiger partial charge is 0.243 e. The van der Waals surface area contributed by atoms with Gasteiger partial charge in [0.2, 0.25) is 10.0 Å². The number of nitrogens with zero attached hydrogens (tertiary/aromatic N) is 1. The molecule has 0 aliphatic heterocycles. The van der Waals surface area contributed by atoms with Crippen LogP contribution in [0.4, 0.5) is 0 Å². The second-order valence-electron chi connectivity index (χ2n) is 8.92. The lowest BCUT2D eigenvalue weighted by Gasteiger charge is -2.39. The Hall–Kier alpha value is -3.17. The van der Waals surface area contributed by atoms with E-state index in [-0.39, 0.29) is 17.9 Å². The molecule has 0 saturated carbocycles. The number of sulfonamides is 1. The van der Waals surface area contributed by atoms with Crippen molar-refractivity contribution in [2.75, 3.05) is 6.54 Å². The Morgan fingerprint density at radius 3 is 2.19 bits per heavy atom. The second-order valence-corrected chi connectivity index (χ2v) is 10.8. The van der Waals surface area contributed by atoms with Crippen molar-refractivity contribution in [3.63, 3.8) is 0 Å². The highest BCUT2D eigenvalue weighted by Gasteiger charge is 2.45. The Morgan fingerprint density at radius 1 is 1.00 bits per heavy atom. The number of aliphatic hydroxyl groups is 1. The van der Waals surface area contributed by atoms with Crippen molar-refractivity contribution >= 4 is 10.0 Å². The summed E-state index contributed by atoms with van der Waals surface area (Å²) in [7, 11) is -3.99. The third-order valence-electron chi connectivity index (χ3n) is 6.19. The minimum Gasteiger partial charge on any atom is -0.372 e. The molecule has 3 aromatic carbocycles. The van der Waals surface area contributed by atoms with E-state index in [0.717, 1.165) is 24.0 Å². The van der Waals surface area contributed by atoms with Gasteiger partial charge in [0, 0.05) is 13.0 Å². The summed E-state index contributed by atoms with van der Waals surface area (Å²) in [6.07, 6.45) is 4.33. The lowest BCUT2D eigenvalue weighted by atomic mass is 9.83. The highest BCUT2D eigenvalue weighted by molar-refractivity contribution is 7.89. The summed E-state index contributed by atoms with van der Waals surface area (Å²) in [5.41, 5.74) is 0.683. The zero-order chi connectivity index (χ0) is 26.0. The maximum atomic E-state index is 14.0. The summed E-state index contributed by atoms with van der Waals surface area (Å²) >= 11 is 0. The Kier molecular flexibility index (Phi) is 9.66. The Labute approximate surface area is 216 Å². The Morgan fingerprint density at radius 2 is 1.61 bits per heavy atom. The van der Waals surface area contributed by atoms with Crippen LogP contribution in [0.25, 0.3) is 0 Å². The number of rotatable bonds is 11. The molecule has 0 aliphatic carbocycles. The molecule has 4 nitrogen and oxygen atoms in total. The fraction of sp³-hybridized carbons (Fsp3) is 0.290. The Bertz CT molecular complexity index is 1280. The number of aryl methyl sites for hydroxylation is 1. The molecule has 0 radical (unpaired) electrons. The van der Waals surface area contributed by atoms with Gasteiger partial charge >= 0.3 is 0 Å². The van der Waals surface area contributed by atoms with Crippen LogP contribution in [-0.4, -0.2) is 30.4 Å². The summed E-state index contributed by atoms with van der Waals surface area (Å²) in [6.45, 7) is 7.86. The Balaban J connectivity index is 2.23. The molecule has 0 spiro atoms. The molecule has 0 saturated heterocycles. The quantitative estimate of drug-likeness (QED) is 0.203. The standard InChI is InChI=1S/C31H35NO3S/c1-4-6-7-14-23-31(33,28-17-12-9-13-18-28)30(25-27-15-10-8-11-16-27)32(24-5-2)36(34,35)29-21-19-26(3)20-22-29/h5,8-13,15-22,30,33H,2,4,6-7,24-25H2,1,3H3. The topological polar surface area (TPSA) is 57.6 Å². The lowest BCUT2D eigenvalue weighted by Crippen LogP contribution is -2.53. The van der Waals surface area contributed by atoms with Gasteiger partial charge in [-0.15, -0.1) is 6.58 Å². The van der Waals surface area contributed by atoms with Gasteiger partial charge in [-0.3, -0.25) is 0 Å². The van der Waals surface area contributed by atoms with E-state index in [1.165, 1.54) is 4.31 Å². The molecule has 0 fully saturated rings. The van der Waals surface area contributed by atoms with E-state index < -0.39 is 21.7 Å². The number of hydrogen-bond acceptors (Lipinski definition) is 3. The second kappa shape index (κ2) is 12.7. The van der Waals surface area contributed by atoms with Crippen molar-refractivity contribution in [2.45, 2.75) is 56.1 Å². The molecular formula is C31H35NO3S. The van der Waals surface area contributed by atoms with Crippen molar-refractivity contribution in [1.29, 1.82) is 0 Å². The van der Waals surface area contributed by atoms with E-state index in [1.54, 1.807) is 42.5 Å². The van der Waals surface area contributed by atoms with E-state index >= 15 is 0 Å². The molecule has 0 bridgehead atoms. The molecule has 2 unspecified atom stereocenters. The van der Waals surface area contributed by atoms with Gasteiger partial charge in [0.1, 0.15) is 0 Å². The van der Waals surface area contributed by atoms with Gasteiger partial charge in [0.25, 0.3) is 0 Å². The van der Waals surface area contributed by atoms with Crippen LogP contribution in [-0.2, 0) is 22.0 Å². The summed E-state index contributed by atoms with van der Waals surface area (Å²) in [5.74, 6) is 6.24. The first kappa shape index (κ1) is 27.4. The van der Waals surface area contributed by atoms with Crippen molar-refractivity contribution in [1.82, 2.24) is 4.31 Å². The maximum Gasteiger partial charge on any atom is 0.243 e. The molecule has 5 heteroatoms. The van der Waals surface area contributed by atoms with Gasteiger partial charge < -0.3 is 5.11 Å². The molecule has 0 aliphatic rings. The van der Waals surface area contributed by atoms with Crippen molar-refractivity contribution in [2.24, 2.45) is 0 Å². The SMILES string of the molecule is C=CCN(C(Cc1ccccc1)C(O)(C#CCCCC)c1ccccc1)S(=O)(=O)c1ccc(C)cc1. The highest BCUT2D eigenvalue weighted by Crippen LogP contribution is 2.34. The largest absolute Gasteiger partial charge is 0.372 e. The zero-order valence-corrected chi connectivity index (χ0v) is 21.9. The van der Waals surface area contributed by atoms with Crippen LogP contribution >= 0.6 is 0 Å². The maximum absolute atomic E-state index is 14.0. The summed E-state index contributed by atoms with van der Waals surface area (Å²) in [6, 6.07) is 24.6. The molecule has 3 aromatic rings. The minimum absolute atomic E-state index is 0.0273. The van der Waals surface area contributed by atoms with Gasteiger partial charge in [-0.1, -0.05) is 110 Å². The van der Waals surface area contributed by atoms with Crippen LogP contribution in [0.15, 0.2) is 102 Å². The molecule has 0 aromatic heterocycles. The number of hydrogen-bond donors (Lipinski definition) is 1. The van der Waals surface area contributed by atoms with E-state index in [2.05, 4.69) is 25.3 Å². The van der Waals surface area contributed by atoms with Crippen LogP contribution in [0.3, 0.4) is 0 Å². The van der Waals surface area contributed by atoms with E-state index in [4.69, 9.17) is 0 Å². The average Bonchev–Trinajstić information content (AvgIpc) is 2.90.